The van der Waals surface area contributed by atoms with E-state index in [4.69, 9.17) is 9.47 Å². The molecule has 1 heterocycles. The van der Waals surface area contributed by atoms with E-state index in [1.807, 2.05) is 6.07 Å². The monoisotopic (exact) mass is 446 g/mol. The smallest absolute Gasteiger partial charge is 0.308 e. The first-order chi connectivity index (χ1) is 13.3. The number of quaternary nitrogens is 2. The fourth-order valence-corrected chi connectivity index (χ4v) is 4.47. The second kappa shape index (κ2) is 14.1. The number of carbonyl (C=O) groups excluding carboxylic acids is 1. The Morgan fingerprint density at radius 2 is 1.69 bits per heavy atom. The molecule has 2 N–H and O–H groups in total. The minimum atomic E-state index is 0. The standard InChI is InChI=1S/C22H34N2O3.2ClH/c1-26-21-12-6-5-11-20(21)24-16-14-23(15-17-24)13-7-8-18-27-22(25)19-9-3-2-4-10-19;;/h5-6,11-12,19H,2-4,7-10,13-18H2,1H3;2*1H. The van der Waals surface area contributed by atoms with Crippen molar-refractivity contribution in [3.8, 4) is 5.75 Å². The molecule has 166 valence electrons. The largest absolute Gasteiger partial charge is 1.00 e. The van der Waals surface area contributed by atoms with Crippen molar-refractivity contribution in [2.24, 2.45) is 5.92 Å². The highest BCUT2D eigenvalue weighted by Crippen LogP contribution is 2.24. The van der Waals surface area contributed by atoms with Gasteiger partial charge in [-0.15, -0.1) is 0 Å². The summed E-state index contributed by atoms with van der Waals surface area (Å²) in [5, 5.41) is 0. The molecule has 1 aliphatic carbocycles. The normalized spacial score (nSPS) is 22.1. The number of benzene rings is 1. The number of piperazine rings is 1. The summed E-state index contributed by atoms with van der Waals surface area (Å²) in [4.78, 5) is 15.2. The van der Waals surface area contributed by atoms with Gasteiger partial charge in [0, 0.05) is 6.07 Å². The molecule has 2 fully saturated rings. The van der Waals surface area contributed by atoms with E-state index in [0.717, 1.165) is 44.5 Å². The molecule has 29 heavy (non-hydrogen) atoms. The summed E-state index contributed by atoms with van der Waals surface area (Å²) >= 11 is 0. The van der Waals surface area contributed by atoms with Crippen LogP contribution in [0.4, 0.5) is 5.69 Å². The minimum Gasteiger partial charge on any atom is -1.00 e. The van der Waals surface area contributed by atoms with Crippen molar-refractivity contribution in [3.63, 3.8) is 0 Å². The van der Waals surface area contributed by atoms with Gasteiger partial charge < -0.3 is 39.2 Å². The molecule has 1 aromatic rings. The van der Waals surface area contributed by atoms with Crippen LogP contribution in [0.25, 0.3) is 0 Å². The zero-order valence-electron chi connectivity index (χ0n) is 17.6. The van der Waals surface area contributed by atoms with E-state index in [1.165, 1.54) is 49.5 Å². The average molecular weight is 447 g/mol. The van der Waals surface area contributed by atoms with Crippen molar-refractivity contribution < 1.29 is 48.9 Å². The second-order valence-corrected chi connectivity index (χ2v) is 8.01. The zero-order valence-corrected chi connectivity index (χ0v) is 19.1. The topological polar surface area (TPSA) is 44.4 Å². The number of halogens is 2. The van der Waals surface area contributed by atoms with Gasteiger partial charge in [-0.25, -0.2) is 0 Å². The first-order valence-corrected chi connectivity index (χ1v) is 10.8. The molecule has 0 amide bonds. The molecule has 3 rings (SSSR count). The van der Waals surface area contributed by atoms with Crippen molar-refractivity contribution in [1.29, 1.82) is 0 Å². The summed E-state index contributed by atoms with van der Waals surface area (Å²) in [6, 6.07) is 8.36. The van der Waals surface area contributed by atoms with Gasteiger partial charge in [-0.3, -0.25) is 9.69 Å². The van der Waals surface area contributed by atoms with Gasteiger partial charge in [-0.05, 0) is 31.7 Å². The van der Waals surface area contributed by atoms with Gasteiger partial charge in [0.05, 0.1) is 26.2 Å². The van der Waals surface area contributed by atoms with Gasteiger partial charge in [-0.1, -0.05) is 31.4 Å². The van der Waals surface area contributed by atoms with Gasteiger partial charge in [-0.2, -0.15) is 0 Å². The van der Waals surface area contributed by atoms with Crippen molar-refractivity contribution in [2.75, 3.05) is 46.4 Å². The van der Waals surface area contributed by atoms with Crippen LogP contribution in [0.2, 0.25) is 0 Å². The summed E-state index contributed by atoms with van der Waals surface area (Å²) in [7, 11) is 1.75. The van der Waals surface area contributed by atoms with Crippen LogP contribution < -0.4 is 39.4 Å². The number of ether oxygens (including phenoxy) is 2. The quantitative estimate of drug-likeness (QED) is 0.310. The first kappa shape index (κ1) is 26.0. The molecule has 0 atom stereocenters. The van der Waals surface area contributed by atoms with Crippen molar-refractivity contribution in [2.45, 2.75) is 44.9 Å². The number of methoxy groups -OCH3 is 1. The van der Waals surface area contributed by atoms with Gasteiger partial charge in [0.2, 0.25) is 0 Å². The second-order valence-electron chi connectivity index (χ2n) is 8.01. The summed E-state index contributed by atoms with van der Waals surface area (Å²) in [6.07, 6.45) is 7.84. The highest BCUT2D eigenvalue weighted by Gasteiger charge is 2.26. The summed E-state index contributed by atoms with van der Waals surface area (Å²) in [6.45, 7) is 6.45. The van der Waals surface area contributed by atoms with E-state index in [2.05, 4.69) is 18.2 Å². The third-order valence-electron chi connectivity index (χ3n) is 6.16. The first-order valence-electron chi connectivity index (χ1n) is 10.8. The van der Waals surface area contributed by atoms with Crippen LogP contribution >= 0.6 is 0 Å². The molecule has 0 spiro atoms. The molecule has 1 aromatic carbocycles. The van der Waals surface area contributed by atoms with E-state index in [1.54, 1.807) is 12.0 Å². The Morgan fingerprint density at radius 3 is 2.38 bits per heavy atom. The van der Waals surface area contributed by atoms with Gasteiger partial charge >= 0.3 is 5.97 Å². The van der Waals surface area contributed by atoms with Crippen LogP contribution in [-0.4, -0.2) is 52.4 Å². The maximum absolute atomic E-state index is 12.0. The Hall–Kier alpha value is -1.01. The average Bonchev–Trinajstić information content (AvgIpc) is 2.74. The molecule has 7 heteroatoms. The number of hydrogen-bond donors (Lipinski definition) is 2. The van der Waals surface area contributed by atoms with Crippen LogP contribution in [0.1, 0.15) is 44.9 Å². The Morgan fingerprint density at radius 1 is 1.00 bits per heavy atom. The predicted octanol–water partition coefficient (Wildman–Crippen LogP) is -4.98. The van der Waals surface area contributed by atoms with Gasteiger partial charge in [0.25, 0.3) is 0 Å². The molecule has 5 nitrogen and oxygen atoms in total. The molecular weight excluding hydrogens is 411 g/mol. The molecule has 1 saturated heterocycles. The third kappa shape index (κ3) is 7.97. The number of carbonyl (C=O) groups is 1. The third-order valence-corrected chi connectivity index (χ3v) is 6.16. The van der Waals surface area contributed by atoms with E-state index < -0.39 is 0 Å². The summed E-state index contributed by atoms with van der Waals surface area (Å²) < 4.78 is 11.0. The van der Waals surface area contributed by atoms with E-state index in [0.29, 0.717) is 6.61 Å². The van der Waals surface area contributed by atoms with E-state index in [9.17, 15) is 4.79 Å². The highest BCUT2D eigenvalue weighted by atomic mass is 35.5. The van der Waals surface area contributed by atoms with Crippen molar-refractivity contribution in [3.05, 3.63) is 24.3 Å². The van der Waals surface area contributed by atoms with Crippen LogP contribution in [0, 0.1) is 5.92 Å². The van der Waals surface area contributed by atoms with Crippen molar-refractivity contribution >= 4 is 11.7 Å². The Labute approximate surface area is 187 Å². The molecule has 0 unspecified atom stereocenters. The summed E-state index contributed by atoms with van der Waals surface area (Å²) in [5.41, 5.74) is 1.29. The van der Waals surface area contributed by atoms with Crippen LogP contribution in [-0.2, 0) is 9.53 Å². The number of rotatable bonds is 8. The number of unbranched alkanes of at least 4 members (excludes halogenated alkanes) is 1. The van der Waals surface area contributed by atoms with E-state index in [-0.39, 0.29) is 36.7 Å². The predicted molar refractivity (Wildman–Crippen MR) is 106 cm³/mol. The number of esters is 1. The number of para-hydroxylation sites is 2. The zero-order chi connectivity index (χ0) is 18.9. The number of nitrogens with one attached hydrogen (secondary N) is 2. The molecule has 1 saturated carbocycles. The lowest BCUT2D eigenvalue weighted by atomic mass is 9.89. The Balaban J connectivity index is 0.00000210. The molecule has 1 aliphatic heterocycles. The fourth-order valence-electron chi connectivity index (χ4n) is 4.47. The van der Waals surface area contributed by atoms with Gasteiger partial charge in [0.1, 0.15) is 26.2 Å². The molecule has 0 radical (unpaired) electrons. The number of hydrogen-bond acceptors (Lipinski definition) is 3. The lowest BCUT2D eigenvalue weighted by Gasteiger charge is -2.30. The van der Waals surface area contributed by atoms with Gasteiger partial charge in [0.15, 0.2) is 11.4 Å². The Bertz CT molecular complexity index is 589. The lowest BCUT2D eigenvalue weighted by molar-refractivity contribution is -0.986. The van der Waals surface area contributed by atoms with Crippen molar-refractivity contribution in [1.82, 2.24) is 0 Å². The Kier molecular flexibility index (Phi) is 12.6. The maximum atomic E-state index is 12.0. The van der Waals surface area contributed by atoms with Crippen LogP contribution in [0.3, 0.4) is 0 Å². The highest BCUT2D eigenvalue weighted by molar-refractivity contribution is 5.72. The van der Waals surface area contributed by atoms with Crippen LogP contribution in [0.15, 0.2) is 24.3 Å². The molecule has 0 bridgehead atoms. The molecule has 0 aromatic heterocycles. The molecule has 2 aliphatic rings. The fraction of sp³-hybridized carbons (Fsp3) is 0.682. The summed E-state index contributed by atoms with van der Waals surface area (Å²) in [5.74, 6) is 1.22. The van der Waals surface area contributed by atoms with Crippen LogP contribution in [0.5, 0.6) is 5.75 Å². The SMILES string of the molecule is COc1ccccc1[NH+]1CC[NH+](CCCCOC(=O)C2CCCCC2)CC1.[Cl-].[Cl-]. The van der Waals surface area contributed by atoms with E-state index >= 15 is 0 Å². The maximum Gasteiger partial charge on any atom is 0.308 e. The minimum absolute atomic E-state index is 0. The molecular formula is C22H36Cl2N2O3. The lowest BCUT2D eigenvalue weighted by Crippen LogP contribution is -3.26.